The van der Waals surface area contributed by atoms with Gasteiger partial charge in [-0.15, -0.1) is 0 Å². The van der Waals surface area contributed by atoms with Gasteiger partial charge in [0.1, 0.15) is 30.0 Å². The SMILES string of the molecule is COc1cccc(COc2ccc3c(=O)c(Oc4ccccc4OC)coc3c2)c1. The molecule has 3 aromatic carbocycles. The van der Waals surface area contributed by atoms with Gasteiger partial charge in [-0.3, -0.25) is 4.79 Å². The zero-order valence-corrected chi connectivity index (χ0v) is 16.6. The first-order chi connectivity index (χ1) is 14.7. The van der Waals surface area contributed by atoms with Gasteiger partial charge in [0.25, 0.3) is 0 Å². The Labute approximate surface area is 173 Å². The Hall–Kier alpha value is -3.93. The number of methoxy groups -OCH3 is 2. The number of rotatable bonds is 7. The summed E-state index contributed by atoms with van der Waals surface area (Å²) in [7, 11) is 3.16. The van der Waals surface area contributed by atoms with Crippen LogP contribution in [0.1, 0.15) is 5.56 Å². The van der Waals surface area contributed by atoms with Crippen LogP contribution in [-0.2, 0) is 6.61 Å². The molecule has 152 valence electrons. The molecule has 0 saturated carbocycles. The molecule has 30 heavy (non-hydrogen) atoms. The first-order valence-corrected chi connectivity index (χ1v) is 9.30. The maximum atomic E-state index is 12.8. The summed E-state index contributed by atoms with van der Waals surface area (Å²) in [5, 5.41) is 0.399. The van der Waals surface area contributed by atoms with Gasteiger partial charge in [0, 0.05) is 6.07 Å². The maximum Gasteiger partial charge on any atom is 0.235 e. The summed E-state index contributed by atoms with van der Waals surface area (Å²) in [4.78, 5) is 12.8. The second kappa shape index (κ2) is 8.61. The molecule has 4 rings (SSSR count). The number of hydrogen-bond acceptors (Lipinski definition) is 6. The number of fused-ring (bicyclic) bond motifs is 1. The van der Waals surface area contributed by atoms with E-state index in [1.165, 1.54) is 13.4 Å². The smallest absolute Gasteiger partial charge is 0.235 e. The minimum atomic E-state index is -0.276. The van der Waals surface area contributed by atoms with Crippen molar-refractivity contribution in [2.75, 3.05) is 14.2 Å². The Morgan fingerprint density at radius 2 is 1.63 bits per heavy atom. The van der Waals surface area contributed by atoms with E-state index in [2.05, 4.69) is 0 Å². The molecule has 0 unspecified atom stereocenters. The van der Waals surface area contributed by atoms with Crippen LogP contribution in [-0.4, -0.2) is 14.2 Å². The van der Waals surface area contributed by atoms with E-state index in [4.69, 9.17) is 23.4 Å². The molecule has 1 heterocycles. The van der Waals surface area contributed by atoms with Gasteiger partial charge in [0.05, 0.1) is 19.6 Å². The number of benzene rings is 3. The fourth-order valence-electron chi connectivity index (χ4n) is 3.00. The lowest BCUT2D eigenvalue weighted by Gasteiger charge is -2.10. The lowest BCUT2D eigenvalue weighted by molar-refractivity contribution is 0.305. The second-order valence-electron chi connectivity index (χ2n) is 6.48. The standard InChI is InChI=1S/C24H20O6/c1-26-17-7-5-6-16(12-17)14-28-18-10-11-19-22(13-18)29-15-23(24(19)25)30-21-9-4-3-8-20(21)27-2/h3-13,15H,14H2,1-2H3. The summed E-state index contributed by atoms with van der Waals surface area (Å²) in [5.74, 6) is 2.40. The van der Waals surface area contributed by atoms with Crippen molar-refractivity contribution in [3.8, 4) is 28.7 Å². The van der Waals surface area contributed by atoms with Crippen LogP contribution in [0.5, 0.6) is 28.7 Å². The molecule has 0 fully saturated rings. The van der Waals surface area contributed by atoms with Crippen molar-refractivity contribution in [1.29, 1.82) is 0 Å². The minimum Gasteiger partial charge on any atom is -0.497 e. The van der Waals surface area contributed by atoms with Crippen molar-refractivity contribution >= 4 is 11.0 Å². The highest BCUT2D eigenvalue weighted by Crippen LogP contribution is 2.30. The number of para-hydroxylation sites is 2. The zero-order valence-electron chi connectivity index (χ0n) is 16.6. The van der Waals surface area contributed by atoms with E-state index in [0.717, 1.165) is 11.3 Å². The minimum absolute atomic E-state index is 0.0806. The Balaban J connectivity index is 1.55. The topological polar surface area (TPSA) is 67.1 Å². The van der Waals surface area contributed by atoms with Gasteiger partial charge in [0.2, 0.25) is 11.2 Å². The first kappa shape index (κ1) is 19.4. The average Bonchev–Trinajstić information content (AvgIpc) is 2.80. The van der Waals surface area contributed by atoms with Crippen molar-refractivity contribution in [3.05, 3.63) is 88.8 Å². The Bertz CT molecular complexity index is 1230. The molecule has 0 N–H and O–H groups in total. The molecule has 6 heteroatoms. The maximum absolute atomic E-state index is 12.8. The van der Waals surface area contributed by atoms with Gasteiger partial charge >= 0.3 is 0 Å². The Morgan fingerprint density at radius 3 is 2.43 bits per heavy atom. The molecular weight excluding hydrogens is 384 g/mol. The van der Waals surface area contributed by atoms with E-state index in [1.807, 2.05) is 30.3 Å². The summed E-state index contributed by atoms with van der Waals surface area (Å²) in [5.41, 5.74) is 1.11. The molecular formula is C24H20O6. The predicted molar refractivity (Wildman–Crippen MR) is 113 cm³/mol. The Kier molecular flexibility index (Phi) is 5.57. The third-order valence-electron chi connectivity index (χ3n) is 4.54. The van der Waals surface area contributed by atoms with E-state index in [1.54, 1.807) is 43.5 Å². The zero-order chi connectivity index (χ0) is 20.9. The molecule has 0 radical (unpaired) electrons. The van der Waals surface area contributed by atoms with Gasteiger partial charge in [-0.2, -0.15) is 0 Å². The molecule has 0 aliphatic rings. The quantitative estimate of drug-likeness (QED) is 0.423. The lowest BCUT2D eigenvalue weighted by Crippen LogP contribution is -2.05. The van der Waals surface area contributed by atoms with Crippen LogP contribution in [0.2, 0.25) is 0 Å². The van der Waals surface area contributed by atoms with Gasteiger partial charge in [0.15, 0.2) is 11.5 Å². The molecule has 1 aromatic heterocycles. The molecule has 6 nitrogen and oxygen atoms in total. The molecule has 0 aliphatic carbocycles. The van der Waals surface area contributed by atoms with Crippen molar-refractivity contribution in [2.45, 2.75) is 6.61 Å². The first-order valence-electron chi connectivity index (χ1n) is 9.30. The van der Waals surface area contributed by atoms with Crippen LogP contribution >= 0.6 is 0 Å². The second-order valence-corrected chi connectivity index (χ2v) is 6.48. The summed E-state index contributed by atoms with van der Waals surface area (Å²) < 4.78 is 27.7. The monoisotopic (exact) mass is 404 g/mol. The van der Waals surface area contributed by atoms with E-state index >= 15 is 0 Å². The predicted octanol–water partition coefficient (Wildman–Crippen LogP) is 5.18. The third-order valence-corrected chi connectivity index (χ3v) is 4.54. The largest absolute Gasteiger partial charge is 0.497 e. The van der Waals surface area contributed by atoms with Crippen molar-refractivity contribution < 1.29 is 23.4 Å². The number of hydrogen-bond donors (Lipinski definition) is 0. The molecule has 0 spiro atoms. The highest BCUT2D eigenvalue weighted by atomic mass is 16.5. The molecule has 0 amide bonds. The Morgan fingerprint density at radius 1 is 0.800 bits per heavy atom. The van der Waals surface area contributed by atoms with Gasteiger partial charge in [-0.25, -0.2) is 0 Å². The number of ether oxygens (including phenoxy) is 4. The average molecular weight is 404 g/mol. The molecule has 0 saturated heterocycles. The van der Waals surface area contributed by atoms with Crippen molar-refractivity contribution in [3.63, 3.8) is 0 Å². The van der Waals surface area contributed by atoms with Gasteiger partial charge < -0.3 is 23.4 Å². The van der Waals surface area contributed by atoms with Gasteiger partial charge in [-0.05, 0) is 42.0 Å². The van der Waals surface area contributed by atoms with Crippen LogP contribution in [0.25, 0.3) is 11.0 Å². The lowest BCUT2D eigenvalue weighted by atomic mass is 10.2. The third kappa shape index (κ3) is 4.07. The van der Waals surface area contributed by atoms with E-state index in [-0.39, 0.29) is 11.2 Å². The van der Waals surface area contributed by atoms with E-state index < -0.39 is 0 Å². The van der Waals surface area contributed by atoms with E-state index in [0.29, 0.717) is 34.8 Å². The van der Waals surface area contributed by atoms with Crippen LogP contribution in [0.3, 0.4) is 0 Å². The molecule has 0 atom stereocenters. The van der Waals surface area contributed by atoms with Crippen molar-refractivity contribution in [2.24, 2.45) is 0 Å². The molecule has 0 bridgehead atoms. The summed E-state index contributed by atoms with van der Waals surface area (Å²) in [6.45, 7) is 0.363. The normalized spacial score (nSPS) is 10.6. The van der Waals surface area contributed by atoms with Crippen molar-refractivity contribution in [1.82, 2.24) is 0 Å². The summed E-state index contributed by atoms with van der Waals surface area (Å²) in [6, 6.07) is 19.8. The van der Waals surface area contributed by atoms with Crippen LogP contribution in [0.4, 0.5) is 0 Å². The van der Waals surface area contributed by atoms with Crippen LogP contribution < -0.4 is 24.4 Å². The molecule has 4 aromatic rings. The van der Waals surface area contributed by atoms with E-state index in [9.17, 15) is 4.79 Å². The summed E-state index contributed by atoms with van der Waals surface area (Å²) >= 11 is 0. The molecule has 0 aliphatic heterocycles. The van der Waals surface area contributed by atoms with Crippen LogP contribution in [0, 0.1) is 0 Å². The fraction of sp³-hybridized carbons (Fsp3) is 0.125. The highest BCUT2D eigenvalue weighted by Gasteiger charge is 2.12. The highest BCUT2D eigenvalue weighted by molar-refractivity contribution is 5.79. The fourth-order valence-corrected chi connectivity index (χ4v) is 3.00. The van der Waals surface area contributed by atoms with Crippen LogP contribution in [0.15, 0.2) is 82.2 Å². The summed E-state index contributed by atoms with van der Waals surface area (Å²) in [6.07, 6.45) is 1.29. The van der Waals surface area contributed by atoms with Gasteiger partial charge in [-0.1, -0.05) is 24.3 Å².